The van der Waals surface area contributed by atoms with Crippen LogP contribution in [-0.4, -0.2) is 0 Å². The van der Waals surface area contributed by atoms with Crippen molar-refractivity contribution in [3.8, 4) is 22.3 Å². The molecule has 28 heavy (non-hydrogen) atoms. The first-order chi connectivity index (χ1) is 12.9. The van der Waals surface area contributed by atoms with Gasteiger partial charge < -0.3 is 0 Å². The number of hydrogen-bond donors (Lipinski definition) is 0. The van der Waals surface area contributed by atoms with Crippen LogP contribution in [0.4, 0.5) is 0 Å². The van der Waals surface area contributed by atoms with Crippen molar-refractivity contribution < 1.29 is 34.1 Å². The van der Waals surface area contributed by atoms with Gasteiger partial charge in [0.2, 0.25) is 0 Å². The first-order valence-corrected chi connectivity index (χ1v) is 8.81. The second-order valence-corrected chi connectivity index (χ2v) is 5.85. The Hall–Kier alpha value is -2.34. The standard InChI is InChI=1S/C16H12.2C5H5.2Fe/c1-2-6-13(7-3-1)15-10-11-16(12-15)14-8-4-5-9-14;2*1-2-4-5-3-1;;/h1-12H;2*1-5H;;/q-2;2*-1;2*+2. The summed E-state index contributed by atoms with van der Waals surface area (Å²) in [5, 5.41) is 0. The van der Waals surface area contributed by atoms with Gasteiger partial charge in [-0.05, 0) is 0 Å². The van der Waals surface area contributed by atoms with Crippen molar-refractivity contribution in [2.45, 2.75) is 0 Å². The van der Waals surface area contributed by atoms with Crippen LogP contribution in [-0.2, 0) is 34.1 Å². The van der Waals surface area contributed by atoms with E-state index in [0.29, 0.717) is 0 Å². The summed E-state index contributed by atoms with van der Waals surface area (Å²) in [5.74, 6) is 0. The SMILES string of the molecule is [Fe+2].[Fe+2].c1cc[cH-]c1.c1cc[cH-]c1.c1ccc(-c2cc[c-](-[c-]3cccc3)c2)cc1. The Morgan fingerprint density at radius 1 is 0.464 bits per heavy atom. The van der Waals surface area contributed by atoms with E-state index in [0.717, 1.165) is 0 Å². The molecule has 0 heterocycles. The fraction of sp³-hybridized carbons (Fsp3) is 0. The maximum Gasteiger partial charge on any atom is 2.00 e. The molecule has 0 saturated carbocycles. The summed E-state index contributed by atoms with van der Waals surface area (Å²) >= 11 is 0. The molecule has 0 saturated heterocycles. The first kappa shape index (κ1) is 23.7. The van der Waals surface area contributed by atoms with Crippen LogP contribution < -0.4 is 0 Å². The fourth-order valence-electron chi connectivity index (χ4n) is 2.64. The minimum Gasteiger partial charge on any atom is -0.214 e. The van der Waals surface area contributed by atoms with Crippen molar-refractivity contribution in [1.82, 2.24) is 0 Å². The van der Waals surface area contributed by atoms with E-state index < -0.39 is 0 Å². The molecule has 0 fully saturated rings. The average Bonchev–Trinajstić information content (AvgIpc) is 3.52. The van der Waals surface area contributed by atoms with Gasteiger partial charge in [-0.3, -0.25) is 0 Å². The third kappa shape index (κ3) is 7.72. The van der Waals surface area contributed by atoms with Gasteiger partial charge in [0.25, 0.3) is 0 Å². The Morgan fingerprint density at radius 3 is 1.46 bits per heavy atom. The Labute approximate surface area is 189 Å². The minimum atomic E-state index is 0. The van der Waals surface area contributed by atoms with Gasteiger partial charge in [0.15, 0.2) is 0 Å². The fourth-order valence-corrected chi connectivity index (χ4v) is 2.64. The maximum absolute atomic E-state index is 2.24. The molecule has 0 nitrogen and oxygen atoms in total. The zero-order valence-corrected chi connectivity index (χ0v) is 17.6. The molecular formula is C26H22Fe2. The summed E-state index contributed by atoms with van der Waals surface area (Å²) in [5.41, 5.74) is 5.16. The second kappa shape index (κ2) is 13.8. The maximum atomic E-state index is 2.24. The van der Waals surface area contributed by atoms with Crippen molar-refractivity contribution in [2.75, 3.05) is 0 Å². The van der Waals surface area contributed by atoms with E-state index in [1.165, 1.54) is 22.3 Å². The molecule has 0 aliphatic heterocycles. The zero-order chi connectivity index (χ0) is 17.9. The molecule has 5 aromatic rings. The van der Waals surface area contributed by atoms with Crippen LogP contribution in [0.5, 0.6) is 0 Å². The summed E-state index contributed by atoms with van der Waals surface area (Å²) in [4.78, 5) is 0. The number of hydrogen-bond acceptors (Lipinski definition) is 0. The Balaban J connectivity index is 0.000000271. The molecule has 0 aliphatic carbocycles. The number of benzene rings is 1. The summed E-state index contributed by atoms with van der Waals surface area (Å²) < 4.78 is 0. The van der Waals surface area contributed by atoms with Crippen LogP contribution in [0.25, 0.3) is 22.3 Å². The third-order valence-corrected chi connectivity index (χ3v) is 3.97. The molecule has 142 valence electrons. The molecule has 0 aromatic heterocycles. The summed E-state index contributed by atoms with van der Waals surface area (Å²) in [7, 11) is 0. The largest absolute Gasteiger partial charge is 2.00 e. The van der Waals surface area contributed by atoms with Crippen molar-refractivity contribution in [1.29, 1.82) is 0 Å². The summed E-state index contributed by atoms with van der Waals surface area (Å²) in [6.45, 7) is 0. The quantitative estimate of drug-likeness (QED) is 0.198. The second-order valence-electron chi connectivity index (χ2n) is 5.85. The van der Waals surface area contributed by atoms with Gasteiger partial charge in [0.1, 0.15) is 0 Å². The Bertz CT molecular complexity index is 849. The van der Waals surface area contributed by atoms with Gasteiger partial charge in [-0.2, -0.15) is 90.0 Å². The summed E-state index contributed by atoms with van der Waals surface area (Å²) in [6, 6.07) is 45.5. The van der Waals surface area contributed by atoms with Gasteiger partial charge in [0, 0.05) is 0 Å². The first-order valence-electron chi connectivity index (χ1n) is 8.81. The van der Waals surface area contributed by atoms with Crippen LogP contribution >= 0.6 is 0 Å². The normalized spacial score (nSPS) is 8.86. The van der Waals surface area contributed by atoms with E-state index in [4.69, 9.17) is 0 Å². The monoisotopic (exact) mass is 446 g/mol. The van der Waals surface area contributed by atoms with E-state index in [2.05, 4.69) is 66.7 Å². The predicted octanol–water partition coefficient (Wildman–Crippen LogP) is 7.26. The average molecular weight is 446 g/mol. The van der Waals surface area contributed by atoms with Crippen molar-refractivity contribution in [2.24, 2.45) is 0 Å². The van der Waals surface area contributed by atoms with Crippen molar-refractivity contribution >= 4 is 0 Å². The van der Waals surface area contributed by atoms with E-state index in [1.807, 2.05) is 66.7 Å². The van der Waals surface area contributed by atoms with Gasteiger partial charge >= 0.3 is 34.1 Å². The minimum absolute atomic E-state index is 0. The predicted molar refractivity (Wildman–Crippen MR) is 113 cm³/mol. The van der Waals surface area contributed by atoms with E-state index in [1.54, 1.807) is 0 Å². The molecule has 0 aliphatic rings. The van der Waals surface area contributed by atoms with Crippen molar-refractivity contribution in [3.63, 3.8) is 0 Å². The molecule has 0 unspecified atom stereocenters. The van der Waals surface area contributed by atoms with Gasteiger partial charge in [0.05, 0.1) is 0 Å². The molecule has 5 rings (SSSR count). The molecule has 0 N–H and O–H groups in total. The molecule has 0 spiro atoms. The van der Waals surface area contributed by atoms with Gasteiger partial charge in [-0.1, -0.05) is 35.9 Å². The molecule has 0 amide bonds. The van der Waals surface area contributed by atoms with Crippen LogP contribution in [0.3, 0.4) is 0 Å². The smallest absolute Gasteiger partial charge is 0.214 e. The molecule has 5 aromatic carbocycles. The Morgan fingerprint density at radius 2 is 1.00 bits per heavy atom. The van der Waals surface area contributed by atoms with Crippen molar-refractivity contribution in [3.05, 3.63) is 133 Å². The van der Waals surface area contributed by atoms with Gasteiger partial charge in [-0.15, -0.1) is 5.56 Å². The van der Waals surface area contributed by atoms with Crippen LogP contribution in [0.2, 0.25) is 0 Å². The van der Waals surface area contributed by atoms with E-state index >= 15 is 0 Å². The molecule has 0 radical (unpaired) electrons. The molecule has 2 heteroatoms. The third-order valence-electron chi connectivity index (χ3n) is 3.97. The van der Waals surface area contributed by atoms with E-state index in [9.17, 15) is 0 Å². The molecule has 0 atom stereocenters. The van der Waals surface area contributed by atoms with Crippen LogP contribution in [0, 0.1) is 0 Å². The van der Waals surface area contributed by atoms with E-state index in [-0.39, 0.29) is 34.1 Å². The summed E-state index contributed by atoms with van der Waals surface area (Å²) in [6.07, 6.45) is 0. The zero-order valence-electron chi connectivity index (χ0n) is 15.4. The molecular weight excluding hydrogens is 424 g/mol. The topological polar surface area (TPSA) is 0 Å². The molecule has 0 bridgehead atoms. The van der Waals surface area contributed by atoms with Gasteiger partial charge in [-0.25, -0.2) is 24.3 Å². The van der Waals surface area contributed by atoms with Crippen LogP contribution in [0.15, 0.2) is 133 Å². The van der Waals surface area contributed by atoms with Crippen LogP contribution in [0.1, 0.15) is 0 Å². The Kier molecular flexibility index (Phi) is 11.7. The number of rotatable bonds is 2.